The fourth-order valence-corrected chi connectivity index (χ4v) is 2.91. The predicted octanol–water partition coefficient (Wildman–Crippen LogP) is 3.65. The van der Waals surface area contributed by atoms with E-state index in [1.807, 2.05) is 0 Å². The van der Waals surface area contributed by atoms with Gasteiger partial charge in [-0.1, -0.05) is 24.6 Å². The first-order chi connectivity index (χ1) is 9.95. The van der Waals surface area contributed by atoms with Crippen LogP contribution in [0.4, 0.5) is 13.2 Å². The van der Waals surface area contributed by atoms with Crippen molar-refractivity contribution >= 4 is 0 Å². The van der Waals surface area contributed by atoms with Crippen LogP contribution < -0.4 is 5.32 Å². The Morgan fingerprint density at radius 2 is 2.05 bits per heavy atom. The van der Waals surface area contributed by atoms with Crippen molar-refractivity contribution in [1.29, 1.82) is 0 Å². The minimum absolute atomic E-state index is 0.109. The average Bonchev–Trinajstić information content (AvgIpc) is 2.40. The summed E-state index contributed by atoms with van der Waals surface area (Å²) in [6.07, 6.45) is -0.256. The molecular formula is C16H22F3NO. The minimum Gasteiger partial charge on any atom is -0.383 e. The van der Waals surface area contributed by atoms with Crippen LogP contribution in [0, 0.1) is 5.41 Å². The molecule has 0 bridgehead atoms. The van der Waals surface area contributed by atoms with E-state index in [1.165, 1.54) is 12.1 Å². The summed E-state index contributed by atoms with van der Waals surface area (Å²) in [7, 11) is 1.66. The molecule has 1 aromatic carbocycles. The molecule has 0 atom stereocenters. The van der Waals surface area contributed by atoms with Crippen molar-refractivity contribution in [2.45, 2.75) is 31.9 Å². The monoisotopic (exact) mass is 301 g/mol. The van der Waals surface area contributed by atoms with E-state index in [-0.39, 0.29) is 5.41 Å². The molecule has 0 spiro atoms. The van der Waals surface area contributed by atoms with E-state index in [2.05, 4.69) is 5.32 Å². The second kappa shape index (κ2) is 6.79. The summed E-state index contributed by atoms with van der Waals surface area (Å²) < 4.78 is 43.3. The van der Waals surface area contributed by atoms with Crippen LogP contribution >= 0.6 is 0 Å². The fourth-order valence-electron chi connectivity index (χ4n) is 2.91. The van der Waals surface area contributed by atoms with Crippen LogP contribution in [-0.4, -0.2) is 26.8 Å². The first-order valence-electron chi connectivity index (χ1n) is 7.31. The van der Waals surface area contributed by atoms with Gasteiger partial charge in [0.1, 0.15) is 0 Å². The first-order valence-corrected chi connectivity index (χ1v) is 7.31. The molecule has 1 aromatic rings. The summed E-state index contributed by atoms with van der Waals surface area (Å²) in [6, 6.07) is 5.72. The zero-order valence-electron chi connectivity index (χ0n) is 12.3. The molecular weight excluding hydrogens is 279 g/mol. The van der Waals surface area contributed by atoms with Crippen molar-refractivity contribution in [3.05, 3.63) is 35.4 Å². The number of methoxy groups -OCH3 is 1. The number of benzene rings is 1. The lowest BCUT2D eigenvalue weighted by molar-refractivity contribution is -0.137. The molecule has 0 heterocycles. The second-order valence-corrected chi connectivity index (χ2v) is 5.90. The molecule has 2 rings (SSSR count). The van der Waals surface area contributed by atoms with Crippen LogP contribution in [0.25, 0.3) is 0 Å². The van der Waals surface area contributed by atoms with Gasteiger partial charge in [0.2, 0.25) is 0 Å². The molecule has 5 heteroatoms. The lowest BCUT2D eigenvalue weighted by Gasteiger charge is -2.42. The minimum atomic E-state index is -4.26. The highest BCUT2D eigenvalue weighted by Crippen LogP contribution is 2.43. The maximum absolute atomic E-state index is 12.8. The van der Waals surface area contributed by atoms with Gasteiger partial charge < -0.3 is 10.1 Å². The standard InChI is InChI=1S/C16H22F3NO/c1-21-9-8-20-12-15(6-3-7-15)11-13-4-2-5-14(10-13)16(17,18)19/h2,4-5,10,20H,3,6-9,11-12H2,1H3. The normalized spacial score (nSPS) is 17.5. The molecule has 118 valence electrons. The Labute approximate surface area is 123 Å². The van der Waals surface area contributed by atoms with Crippen LogP contribution in [0.5, 0.6) is 0 Å². The first kappa shape index (κ1) is 16.3. The van der Waals surface area contributed by atoms with E-state index in [9.17, 15) is 13.2 Å². The maximum Gasteiger partial charge on any atom is 0.416 e. The Hall–Kier alpha value is -1.07. The Morgan fingerprint density at radius 1 is 1.29 bits per heavy atom. The summed E-state index contributed by atoms with van der Waals surface area (Å²) in [5.74, 6) is 0. The molecule has 21 heavy (non-hydrogen) atoms. The van der Waals surface area contributed by atoms with Gasteiger partial charge in [0.25, 0.3) is 0 Å². The average molecular weight is 301 g/mol. The van der Waals surface area contributed by atoms with E-state index < -0.39 is 11.7 Å². The van der Waals surface area contributed by atoms with Gasteiger partial charge in [-0.3, -0.25) is 0 Å². The third-order valence-electron chi connectivity index (χ3n) is 4.23. The molecule has 1 aliphatic carbocycles. The number of ether oxygens (including phenoxy) is 1. The Morgan fingerprint density at radius 3 is 2.62 bits per heavy atom. The summed E-state index contributed by atoms with van der Waals surface area (Å²) in [4.78, 5) is 0. The largest absolute Gasteiger partial charge is 0.416 e. The number of hydrogen-bond donors (Lipinski definition) is 1. The maximum atomic E-state index is 12.8. The predicted molar refractivity (Wildman–Crippen MR) is 76.2 cm³/mol. The van der Waals surface area contributed by atoms with Crippen LogP contribution in [0.3, 0.4) is 0 Å². The third-order valence-corrected chi connectivity index (χ3v) is 4.23. The smallest absolute Gasteiger partial charge is 0.383 e. The summed E-state index contributed by atoms with van der Waals surface area (Å²) >= 11 is 0. The molecule has 0 unspecified atom stereocenters. The van der Waals surface area contributed by atoms with Crippen molar-refractivity contribution in [3.8, 4) is 0 Å². The van der Waals surface area contributed by atoms with Crippen LogP contribution in [0.2, 0.25) is 0 Å². The lowest BCUT2D eigenvalue weighted by Crippen LogP contribution is -2.42. The molecule has 1 N–H and O–H groups in total. The second-order valence-electron chi connectivity index (χ2n) is 5.90. The topological polar surface area (TPSA) is 21.3 Å². The molecule has 0 aliphatic heterocycles. The van der Waals surface area contributed by atoms with Crippen molar-refractivity contribution in [2.24, 2.45) is 5.41 Å². The highest BCUT2D eigenvalue weighted by Gasteiger charge is 2.37. The van der Waals surface area contributed by atoms with Gasteiger partial charge in [-0.2, -0.15) is 13.2 Å². The summed E-state index contributed by atoms with van der Waals surface area (Å²) in [5, 5.41) is 3.35. The number of hydrogen-bond acceptors (Lipinski definition) is 2. The Balaban J connectivity index is 1.98. The van der Waals surface area contributed by atoms with E-state index in [4.69, 9.17) is 4.74 Å². The van der Waals surface area contributed by atoms with Crippen LogP contribution in [0.15, 0.2) is 24.3 Å². The molecule has 0 radical (unpaired) electrons. The fraction of sp³-hybridized carbons (Fsp3) is 0.625. The number of alkyl halides is 3. The zero-order chi connectivity index (χ0) is 15.3. The Kier molecular flexibility index (Phi) is 5.27. The molecule has 2 nitrogen and oxygen atoms in total. The quantitative estimate of drug-likeness (QED) is 0.776. The zero-order valence-corrected chi connectivity index (χ0v) is 12.3. The third kappa shape index (κ3) is 4.45. The molecule has 1 fully saturated rings. The number of halogens is 3. The van der Waals surface area contributed by atoms with Gasteiger partial charge in [0.05, 0.1) is 12.2 Å². The van der Waals surface area contributed by atoms with E-state index in [0.717, 1.165) is 44.0 Å². The summed E-state index contributed by atoms with van der Waals surface area (Å²) in [6.45, 7) is 2.27. The van der Waals surface area contributed by atoms with Gasteiger partial charge in [-0.25, -0.2) is 0 Å². The molecule has 0 aromatic heterocycles. The van der Waals surface area contributed by atoms with Gasteiger partial charge in [-0.15, -0.1) is 0 Å². The van der Waals surface area contributed by atoms with Crippen molar-refractivity contribution in [2.75, 3.05) is 26.8 Å². The van der Waals surface area contributed by atoms with Gasteiger partial charge >= 0.3 is 6.18 Å². The molecule has 0 amide bonds. The van der Waals surface area contributed by atoms with E-state index in [0.29, 0.717) is 13.0 Å². The number of rotatable bonds is 7. The van der Waals surface area contributed by atoms with Gasteiger partial charge in [0, 0.05) is 20.2 Å². The summed E-state index contributed by atoms with van der Waals surface area (Å²) in [5.41, 5.74) is 0.331. The van der Waals surface area contributed by atoms with Crippen LogP contribution in [-0.2, 0) is 17.3 Å². The van der Waals surface area contributed by atoms with Crippen LogP contribution in [0.1, 0.15) is 30.4 Å². The highest BCUT2D eigenvalue weighted by molar-refractivity contribution is 5.27. The van der Waals surface area contributed by atoms with E-state index >= 15 is 0 Å². The van der Waals surface area contributed by atoms with Crippen molar-refractivity contribution in [1.82, 2.24) is 5.32 Å². The van der Waals surface area contributed by atoms with Crippen molar-refractivity contribution < 1.29 is 17.9 Å². The van der Waals surface area contributed by atoms with Gasteiger partial charge in [0.15, 0.2) is 0 Å². The molecule has 1 saturated carbocycles. The highest BCUT2D eigenvalue weighted by atomic mass is 19.4. The Bertz CT molecular complexity index is 455. The molecule has 1 aliphatic rings. The molecule has 0 saturated heterocycles. The number of nitrogens with one attached hydrogen (secondary N) is 1. The van der Waals surface area contributed by atoms with Gasteiger partial charge in [-0.05, 0) is 36.3 Å². The van der Waals surface area contributed by atoms with Crippen molar-refractivity contribution in [3.63, 3.8) is 0 Å². The lowest BCUT2D eigenvalue weighted by atomic mass is 9.65. The van der Waals surface area contributed by atoms with E-state index in [1.54, 1.807) is 13.2 Å². The SMILES string of the molecule is COCCNCC1(Cc2cccc(C(F)(F)F)c2)CCC1.